The Balaban J connectivity index is 2.12. The molecule has 0 spiro atoms. The van der Waals surface area contributed by atoms with Crippen LogP contribution in [0.1, 0.15) is 34.6 Å². The second-order valence-electron chi connectivity index (χ2n) is 5.60. The van der Waals surface area contributed by atoms with E-state index in [2.05, 4.69) is 16.2 Å². The number of carbonyl (C=O) groups is 3. The molecule has 0 aliphatic rings. The van der Waals surface area contributed by atoms with Crippen LogP contribution < -0.4 is 16.2 Å². The van der Waals surface area contributed by atoms with E-state index in [0.29, 0.717) is 16.3 Å². The minimum Gasteiger partial charge on any atom is -0.321 e. The van der Waals surface area contributed by atoms with Crippen molar-refractivity contribution >= 4 is 35.0 Å². The molecule has 0 aromatic heterocycles. The predicted octanol–water partition coefficient (Wildman–Crippen LogP) is 3.01. The van der Waals surface area contributed by atoms with E-state index in [1.807, 2.05) is 0 Å². The number of carbonyl (C=O) groups excluding carboxylic acids is 3. The zero-order valence-electron chi connectivity index (χ0n) is 13.8. The Hall–Kier alpha value is -2.86. The van der Waals surface area contributed by atoms with Crippen molar-refractivity contribution in [3.8, 4) is 0 Å². The van der Waals surface area contributed by atoms with Gasteiger partial charge >= 0.3 is 0 Å². The summed E-state index contributed by atoms with van der Waals surface area (Å²) in [4.78, 5) is 36.1. The molecule has 2 aromatic carbocycles. The summed E-state index contributed by atoms with van der Waals surface area (Å²) < 4.78 is 0. The van der Waals surface area contributed by atoms with E-state index in [9.17, 15) is 14.4 Å². The molecule has 25 heavy (non-hydrogen) atoms. The molecule has 0 fully saturated rings. The van der Waals surface area contributed by atoms with Gasteiger partial charge in [0.15, 0.2) is 0 Å². The van der Waals surface area contributed by atoms with Crippen molar-refractivity contribution in [2.24, 2.45) is 5.92 Å². The summed E-state index contributed by atoms with van der Waals surface area (Å²) >= 11 is 5.81. The average molecular weight is 360 g/mol. The molecular weight excluding hydrogens is 342 g/mol. The largest absolute Gasteiger partial charge is 0.321 e. The Morgan fingerprint density at radius 2 is 1.52 bits per heavy atom. The van der Waals surface area contributed by atoms with Crippen LogP contribution >= 0.6 is 11.6 Å². The zero-order valence-corrected chi connectivity index (χ0v) is 14.6. The fourth-order valence-corrected chi connectivity index (χ4v) is 2.04. The van der Waals surface area contributed by atoms with Gasteiger partial charge in [0.2, 0.25) is 5.91 Å². The Morgan fingerprint density at radius 1 is 0.880 bits per heavy atom. The molecule has 3 N–H and O–H groups in total. The van der Waals surface area contributed by atoms with Gasteiger partial charge in [-0.2, -0.15) is 0 Å². The lowest BCUT2D eigenvalue weighted by molar-refractivity contribution is -0.124. The van der Waals surface area contributed by atoms with Gasteiger partial charge in [-0.25, -0.2) is 0 Å². The molecule has 0 saturated carbocycles. The normalized spacial score (nSPS) is 10.2. The van der Waals surface area contributed by atoms with Crippen LogP contribution in [0.3, 0.4) is 0 Å². The summed E-state index contributed by atoms with van der Waals surface area (Å²) in [6.07, 6.45) is 0. The summed E-state index contributed by atoms with van der Waals surface area (Å²) in [5.41, 5.74) is 5.64. The Morgan fingerprint density at radius 3 is 2.16 bits per heavy atom. The van der Waals surface area contributed by atoms with Crippen molar-refractivity contribution in [3.05, 3.63) is 64.7 Å². The van der Waals surface area contributed by atoms with Gasteiger partial charge in [0.1, 0.15) is 0 Å². The lowest BCUT2D eigenvalue weighted by Crippen LogP contribution is -2.43. The van der Waals surface area contributed by atoms with Crippen LogP contribution in [0.2, 0.25) is 5.02 Å². The van der Waals surface area contributed by atoms with Crippen LogP contribution in [-0.4, -0.2) is 17.7 Å². The topological polar surface area (TPSA) is 87.3 Å². The zero-order chi connectivity index (χ0) is 18.4. The standard InChI is InChI=1S/C18H18ClN3O3/c1-11(2)16(23)21-22-18(25)14-5-3-4-6-15(14)20-17(24)12-7-9-13(19)10-8-12/h3-11H,1-2H3,(H,20,24)(H,21,23)(H,22,25). The van der Waals surface area contributed by atoms with E-state index in [4.69, 9.17) is 11.6 Å². The number of anilines is 1. The van der Waals surface area contributed by atoms with Crippen molar-refractivity contribution in [1.82, 2.24) is 10.9 Å². The van der Waals surface area contributed by atoms with Crippen LogP contribution in [0.15, 0.2) is 48.5 Å². The van der Waals surface area contributed by atoms with Crippen molar-refractivity contribution in [2.45, 2.75) is 13.8 Å². The van der Waals surface area contributed by atoms with Crippen molar-refractivity contribution in [3.63, 3.8) is 0 Å². The van der Waals surface area contributed by atoms with Crippen molar-refractivity contribution in [2.75, 3.05) is 5.32 Å². The first kappa shape index (κ1) is 18.5. The van der Waals surface area contributed by atoms with E-state index in [-0.39, 0.29) is 23.3 Å². The number of amides is 3. The molecule has 0 radical (unpaired) electrons. The Labute approximate surface area is 150 Å². The molecule has 130 valence electrons. The van der Waals surface area contributed by atoms with E-state index in [1.54, 1.807) is 62.4 Å². The van der Waals surface area contributed by atoms with Gasteiger partial charge in [0, 0.05) is 16.5 Å². The van der Waals surface area contributed by atoms with Gasteiger partial charge in [-0.05, 0) is 36.4 Å². The third-order valence-electron chi connectivity index (χ3n) is 3.35. The highest BCUT2D eigenvalue weighted by Crippen LogP contribution is 2.17. The fraction of sp³-hybridized carbons (Fsp3) is 0.167. The molecule has 0 unspecified atom stereocenters. The molecule has 7 heteroatoms. The molecular formula is C18H18ClN3O3. The maximum Gasteiger partial charge on any atom is 0.271 e. The summed E-state index contributed by atoms with van der Waals surface area (Å²) in [7, 11) is 0. The number of hydrazine groups is 1. The molecule has 0 saturated heterocycles. The SMILES string of the molecule is CC(C)C(=O)NNC(=O)c1ccccc1NC(=O)c1ccc(Cl)cc1. The number of hydrogen-bond acceptors (Lipinski definition) is 3. The first-order chi connectivity index (χ1) is 11.9. The summed E-state index contributed by atoms with van der Waals surface area (Å²) in [6.45, 7) is 3.42. The van der Waals surface area contributed by atoms with Crippen LogP contribution in [0.4, 0.5) is 5.69 Å². The number of benzene rings is 2. The molecule has 6 nitrogen and oxygen atoms in total. The van der Waals surface area contributed by atoms with Gasteiger partial charge in [-0.15, -0.1) is 0 Å². The minimum absolute atomic E-state index is 0.230. The lowest BCUT2D eigenvalue weighted by Gasteiger charge is -2.13. The van der Waals surface area contributed by atoms with Crippen LogP contribution in [0.5, 0.6) is 0 Å². The first-order valence-corrected chi connectivity index (χ1v) is 8.02. The van der Waals surface area contributed by atoms with Gasteiger partial charge in [0.25, 0.3) is 11.8 Å². The Bertz CT molecular complexity index is 788. The molecule has 0 aliphatic heterocycles. The third-order valence-corrected chi connectivity index (χ3v) is 3.60. The summed E-state index contributed by atoms with van der Waals surface area (Å²) in [5, 5.41) is 3.21. The smallest absolute Gasteiger partial charge is 0.271 e. The number of nitrogens with one attached hydrogen (secondary N) is 3. The molecule has 0 aliphatic carbocycles. The Kier molecular flexibility index (Phi) is 6.14. The highest BCUT2D eigenvalue weighted by molar-refractivity contribution is 6.30. The van der Waals surface area contributed by atoms with Crippen LogP contribution in [0.25, 0.3) is 0 Å². The molecule has 2 rings (SSSR count). The number of hydrogen-bond donors (Lipinski definition) is 3. The highest BCUT2D eigenvalue weighted by Gasteiger charge is 2.15. The van der Waals surface area contributed by atoms with Crippen molar-refractivity contribution in [1.29, 1.82) is 0 Å². The van der Waals surface area contributed by atoms with E-state index in [1.165, 1.54) is 0 Å². The van der Waals surface area contributed by atoms with E-state index < -0.39 is 5.91 Å². The third kappa shape index (κ3) is 5.06. The maximum atomic E-state index is 12.3. The summed E-state index contributed by atoms with van der Waals surface area (Å²) in [6, 6.07) is 12.9. The van der Waals surface area contributed by atoms with E-state index in [0.717, 1.165) is 0 Å². The van der Waals surface area contributed by atoms with E-state index >= 15 is 0 Å². The molecule has 0 heterocycles. The monoisotopic (exact) mass is 359 g/mol. The first-order valence-electron chi connectivity index (χ1n) is 7.64. The number of rotatable bonds is 4. The highest BCUT2D eigenvalue weighted by atomic mass is 35.5. The fourth-order valence-electron chi connectivity index (χ4n) is 1.92. The van der Waals surface area contributed by atoms with Gasteiger partial charge in [0.05, 0.1) is 11.3 Å². The second kappa shape index (κ2) is 8.30. The molecule has 3 amide bonds. The molecule has 2 aromatic rings. The average Bonchev–Trinajstić information content (AvgIpc) is 2.60. The molecule has 0 bridgehead atoms. The maximum absolute atomic E-state index is 12.3. The van der Waals surface area contributed by atoms with Crippen LogP contribution in [-0.2, 0) is 4.79 Å². The molecule has 0 atom stereocenters. The second-order valence-corrected chi connectivity index (χ2v) is 6.04. The predicted molar refractivity (Wildman–Crippen MR) is 96.3 cm³/mol. The minimum atomic E-state index is -0.527. The lowest BCUT2D eigenvalue weighted by atomic mass is 10.1. The quantitative estimate of drug-likeness (QED) is 0.733. The van der Waals surface area contributed by atoms with Gasteiger partial charge in [-0.1, -0.05) is 37.6 Å². The van der Waals surface area contributed by atoms with Crippen LogP contribution in [0, 0.1) is 5.92 Å². The summed E-state index contributed by atoms with van der Waals surface area (Å²) in [5.74, 6) is -1.47. The van der Waals surface area contributed by atoms with Crippen molar-refractivity contribution < 1.29 is 14.4 Å². The van der Waals surface area contributed by atoms with Gasteiger partial charge < -0.3 is 5.32 Å². The number of halogens is 1. The van der Waals surface area contributed by atoms with Gasteiger partial charge in [-0.3, -0.25) is 25.2 Å². The number of para-hydroxylation sites is 1.